The standard InChI is InChI=1S/C19H18F3N3O2/c1-25(10-11-26-16-8-3-2-4-9-16)13-17-23-18(24-27-17)14-6-5-7-15(12-14)19(20,21)22/h2-9,12H,10-11,13H2,1H3. The first-order valence-electron chi connectivity index (χ1n) is 8.28. The number of rotatable bonds is 7. The van der Waals surface area contributed by atoms with Gasteiger partial charge in [0.1, 0.15) is 12.4 Å². The lowest BCUT2D eigenvalue weighted by atomic mass is 10.1. The summed E-state index contributed by atoms with van der Waals surface area (Å²) in [6.45, 7) is 1.47. The highest BCUT2D eigenvalue weighted by atomic mass is 19.4. The van der Waals surface area contributed by atoms with Gasteiger partial charge in [0.25, 0.3) is 0 Å². The summed E-state index contributed by atoms with van der Waals surface area (Å²) in [7, 11) is 1.86. The zero-order chi connectivity index (χ0) is 19.3. The monoisotopic (exact) mass is 377 g/mol. The van der Waals surface area contributed by atoms with E-state index in [2.05, 4.69) is 10.1 Å². The Morgan fingerprint density at radius 3 is 2.59 bits per heavy atom. The van der Waals surface area contributed by atoms with E-state index in [4.69, 9.17) is 9.26 Å². The molecule has 27 heavy (non-hydrogen) atoms. The van der Waals surface area contributed by atoms with E-state index in [1.54, 1.807) is 0 Å². The van der Waals surface area contributed by atoms with Crippen molar-refractivity contribution in [3.05, 3.63) is 66.1 Å². The van der Waals surface area contributed by atoms with Gasteiger partial charge in [-0.3, -0.25) is 4.90 Å². The van der Waals surface area contributed by atoms with Gasteiger partial charge in [0.05, 0.1) is 12.1 Å². The summed E-state index contributed by atoms with van der Waals surface area (Å²) < 4.78 is 49.2. The molecule has 0 saturated heterocycles. The molecule has 5 nitrogen and oxygen atoms in total. The molecule has 0 aliphatic rings. The molecule has 3 rings (SSSR count). The second-order valence-electron chi connectivity index (χ2n) is 5.99. The van der Waals surface area contributed by atoms with Crippen LogP contribution in [0, 0.1) is 0 Å². The first-order chi connectivity index (χ1) is 12.9. The van der Waals surface area contributed by atoms with Crippen molar-refractivity contribution in [1.29, 1.82) is 0 Å². The van der Waals surface area contributed by atoms with E-state index < -0.39 is 11.7 Å². The number of aromatic nitrogens is 2. The third-order valence-corrected chi connectivity index (χ3v) is 3.81. The van der Waals surface area contributed by atoms with Crippen LogP contribution < -0.4 is 4.74 Å². The molecule has 3 aromatic rings. The number of para-hydroxylation sites is 1. The Labute approximate surface area is 154 Å². The summed E-state index contributed by atoms with van der Waals surface area (Å²) in [5.41, 5.74) is -0.489. The van der Waals surface area contributed by atoms with Crippen molar-refractivity contribution in [3.63, 3.8) is 0 Å². The predicted molar refractivity (Wildman–Crippen MR) is 93.0 cm³/mol. The van der Waals surface area contributed by atoms with Crippen molar-refractivity contribution in [3.8, 4) is 17.1 Å². The molecule has 0 unspecified atom stereocenters. The Bertz CT molecular complexity index is 866. The summed E-state index contributed by atoms with van der Waals surface area (Å²) in [4.78, 5) is 6.11. The number of hydrogen-bond acceptors (Lipinski definition) is 5. The molecule has 0 aliphatic heterocycles. The van der Waals surface area contributed by atoms with Crippen LogP contribution in [0.15, 0.2) is 59.1 Å². The lowest BCUT2D eigenvalue weighted by molar-refractivity contribution is -0.137. The zero-order valence-corrected chi connectivity index (χ0v) is 14.6. The lowest BCUT2D eigenvalue weighted by Gasteiger charge is -2.14. The highest BCUT2D eigenvalue weighted by Crippen LogP contribution is 2.31. The Balaban J connectivity index is 1.56. The van der Waals surface area contributed by atoms with Crippen molar-refractivity contribution in [1.82, 2.24) is 15.0 Å². The van der Waals surface area contributed by atoms with Crippen LogP contribution in [-0.4, -0.2) is 35.2 Å². The minimum atomic E-state index is -4.42. The van der Waals surface area contributed by atoms with Crippen LogP contribution in [0.4, 0.5) is 13.2 Å². The Hall–Kier alpha value is -2.87. The van der Waals surface area contributed by atoms with Gasteiger partial charge in [-0.05, 0) is 31.3 Å². The van der Waals surface area contributed by atoms with Crippen molar-refractivity contribution < 1.29 is 22.4 Å². The van der Waals surface area contributed by atoms with E-state index in [1.807, 2.05) is 42.3 Å². The zero-order valence-electron chi connectivity index (χ0n) is 14.6. The molecule has 0 N–H and O–H groups in total. The van der Waals surface area contributed by atoms with E-state index in [0.29, 0.717) is 25.6 Å². The molecule has 0 atom stereocenters. The largest absolute Gasteiger partial charge is 0.492 e. The van der Waals surface area contributed by atoms with E-state index in [9.17, 15) is 13.2 Å². The number of ether oxygens (including phenoxy) is 1. The molecule has 2 aromatic carbocycles. The third kappa shape index (κ3) is 5.30. The van der Waals surface area contributed by atoms with E-state index in [1.165, 1.54) is 12.1 Å². The first-order valence-corrected chi connectivity index (χ1v) is 8.28. The van der Waals surface area contributed by atoms with Gasteiger partial charge >= 0.3 is 6.18 Å². The van der Waals surface area contributed by atoms with Gasteiger partial charge in [0.15, 0.2) is 0 Å². The molecule has 1 heterocycles. The molecule has 8 heteroatoms. The van der Waals surface area contributed by atoms with Crippen molar-refractivity contribution in [2.75, 3.05) is 20.2 Å². The molecule has 142 valence electrons. The Morgan fingerprint density at radius 2 is 1.85 bits per heavy atom. The van der Waals surface area contributed by atoms with Crippen LogP contribution in [0.3, 0.4) is 0 Å². The predicted octanol–water partition coefficient (Wildman–Crippen LogP) is 4.27. The van der Waals surface area contributed by atoms with Crippen LogP contribution in [-0.2, 0) is 12.7 Å². The maximum Gasteiger partial charge on any atom is 0.416 e. The molecule has 0 bridgehead atoms. The summed E-state index contributed by atoms with van der Waals surface area (Å²) >= 11 is 0. The van der Waals surface area contributed by atoms with Crippen molar-refractivity contribution >= 4 is 0 Å². The van der Waals surface area contributed by atoms with Gasteiger partial charge in [-0.15, -0.1) is 0 Å². The fourth-order valence-electron chi connectivity index (χ4n) is 2.42. The van der Waals surface area contributed by atoms with Gasteiger partial charge in [0.2, 0.25) is 11.7 Å². The second kappa shape index (κ2) is 8.22. The van der Waals surface area contributed by atoms with Gasteiger partial charge in [-0.1, -0.05) is 35.5 Å². The number of halogens is 3. The maximum absolute atomic E-state index is 12.8. The second-order valence-corrected chi connectivity index (χ2v) is 5.99. The maximum atomic E-state index is 12.8. The van der Waals surface area contributed by atoms with Gasteiger partial charge in [-0.25, -0.2) is 0 Å². The van der Waals surface area contributed by atoms with Crippen LogP contribution in [0.2, 0.25) is 0 Å². The average molecular weight is 377 g/mol. The Morgan fingerprint density at radius 1 is 1.07 bits per heavy atom. The van der Waals surface area contributed by atoms with Crippen LogP contribution >= 0.6 is 0 Å². The summed E-state index contributed by atoms with van der Waals surface area (Å²) in [5, 5.41) is 3.78. The molecule has 0 saturated carbocycles. The number of nitrogens with zero attached hydrogens (tertiary/aromatic N) is 3. The molecular weight excluding hydrogens is 359 g/mol. The molecule has 0 fully saturated rings. The number of hydrogen-bond donors (Lipinski definition) is 0. The number of likely N-dealkylation sites (N-methyl/N-ethyl adjacent to an activating group) is 1. The SMILES string of the molecule is CN(CCOc1ccccc1)Cc1nc(-c2cccc(C(F)(F)F)c2)no1. The number of benzene rings is 2. The molecule has 1 aromatic heterocycles. The number of alkyl halides is 3. The minimum Gasteiger partial charge on any atom is -0.492 e. The fraction of sp³-hybridized carbons (Fsp3) is 0.263. The van der Waals surface area contributed by atoms with Crippen LogP contribution in [0.25, 0.3) is 11.4 Å². The van der Waals surface area contributed by atoms with Gasteiger partial charge in [0, 0.05) is 12.1 Å². The molecule has 0 aliphatic carbocycles. The van der Waals surface area contributed by atoms with Gasteiger partial charge in [-0.2, -0.15) is 18.2 Å². The average Bonchev–Trinajstić information content (AvgIpc) is 3.10. The molecule has 0 radical (unpaired) electrons. The lowest BCUT2D eigenvalue weighted by Crippen LogP contribution is -2.24. The smallest absolute Gasteiger partial charge is 0.416 e. The fourth-order valence-corrected chi connectivity index (χ4v) is 2.42. The quantitative estimate of drug-likeness (QED) is 0.616. The van der Waals surface area contributed by atoms with E-state index >= 15 is 0 Å². The highest BCUT2D eigenvalue weighted by molar-refractivity contribution is 5.55. The summed E-state index contributed by atoms with van der Waals surface area (Å²) in [5.74, 6) is 1.24. The minimum absolute atomic E-state index is 0.130. The van der Waals surface area contributed by atoms with E-state index in [0.717, 1.165) is 17.9 Å². The molecule has 0 spiro atoms. The van der Waals surface area contributed by atoms with Crippen molar-refractivity contribution in [2.24, 2.45) is 0 Å². The van der Waals surface area contributed by atoms with Crippen LogP contribution in [0.5, 0.6) is 5.75 Å². The van der Waals surface area contributed by atoms with E-state index in [-0.39, 0.29) is 11.4 Å². The first kappa shape index (κ1) is 18.9. The van der Waals surface area contributed by atoms with Crippen molar-refractivity contribution in [2.45, 2.75) is 12.7 Å². The molecular formula is C19H18F3N3O2. The summed E-state index contributed by atoms with van der Waals surface area (Å²) in [6.07, 6.45) is -4.42. The molecule has 0 amide bonds. The Kier molecular flexibility index (Phi) is 5.75. The topological polar surface area (TPSA) is 51.4 Å². The highest BCUT2D eigenvalue weighted by Gasteiger charge is 2.30. The van der Waals surface area contributed by atoms with Gasteiger partial charge < -0.3 is 9.26 Å². The normalized spacial score (nSPS) is 11.7. The van der Waals surface area contributed by atoms with Crippen LogP contribution in [0.1, 0.15) is 11.5 Å². The summed E-state index contributed by atoms with van der Waals surface area (Å²) in [6, 6.07) is 14.3. The third-order valence-electron chi connectivity index (χ3n) is 3.81.